The van der Waals surface area contributed by atoms with Crippen molar-refractivity contribution in [3.63, 3.8) is 0 Å². The average molecular weight is 278 g/mol. The van der Waals surface area contributed by atoms with Gasteiger partial charge < -0.3 is 10.1 Å². The van der Waals surface area contributed by atoms with E-state index >= 15 is 0 Å². The van der Waals surface area contributed by atoms with Crippen LogP contribution in [0.25, 0.3) is 0 Å². The minimum atomic E-state index is -0.200. The van der Waals surface area contributed by atoms with Gasteiger partial charge in [0.2, 0.25) is 0 Å². The van der Waals surface area contributed by atoms with Crippen LogP contribution in [0.4, 0.5) is 0 Å². The molecule has 1 N–H and O–H groups in total. The predicted octanol–water partition coefficient (Wildman–Crippen LogP) is 2.33. The summed E-state index contributed by atoms with van der Waals surface area (Å²) >= 11 is 5.00. The first-order chi connectivity index (χ1) is 6.67. The maximum Gasteiger partial charge on any atom is 0.307 e. The van der Waals surface area contributed by atoms with Crippen LogP contribution in [-0.4, -0.2) is 20.1 Å². The number of carbonyl (C=O) groups excluding carboxylic acids is 1. The van der Waals surface area contributed by atoms with E-state index in [-0.39, 0.29) is 12.0 Å². The predicted molar refractivity (Wildman–Crippen MR) is 60.5 cm³/mol. The normalized spacial score (nSPS) is 12.5. The van der Waals surface area contributed by atoms with Crippen LogP contribution in [-0.2, 0) is 9.53 Å². The molecule has 0 aromatic carbocycles. The fourth-order valence-corrected chi connectivity index (χ4v) is 2.66. The number of thiophene rings is 1. The zero-order chi connectivity index (χ0) is 10.6. The summed E-state index contributed by atoms with van der Waals surface area (Å²) in [6, 6.07) is 2.05. The quantitative estimate of drug-likeness (QED) is 0.859. The Hall–Kier alpha value is -0.390. The topological polar surface area (TPSA) is 38.3 Å². The van der Waals surface area contributed by atoms with Crippen LogP contribution in [0.1, 0.15) is 17.3 Å². The van der Waals surface area contributed by atoms with Gasteiger partial charge in [-0.15, -0.1) is 11.3 Å². The molecular formula is C9H12BrNO2S. The summed E-state index contributed by atoms with van der Waals surface area (Å²) in [6.45, 7) is 0. The van der Waals surface area contributed by atoms with Crippen molar-refractivity contribution >= 4 is 33.2 Å². The molecule has 0 aliphatic carbocycles. The Morgan fingerprint density at radius 3 is 2.93 bits per heavy atom. The van der Waals surface area contributed by atoms with Crippen molar-refractivity contribution in [2.24, 2.45) is 0 Å². The molecule has 78 valence electrons. The number of hydrogen-bond donors (Lipinski definition) is 1. The van der Waals surface area contributed by atoms with Gasteiger partial charge in [-0.3, -0.25) is 4.79 Å². The monoisotopic (exact) mass is 277 g/mol. The minimum absolute atomic E-state index is 0.0405. The number of esters is 1. The van der Waals surface area contributed by atoms with Crippen LogP contribution in [0.5, 0.6) is 0 Å². The van der Waals surface area contributed by atoms with Gasteiger partial charge >= 0.3 is 5.97 Å². The van der Waals surface area contributed by atoms with E-state index in [0.717, 1.165) is 9.35 Å². The van der Waals surface area contributed by atoms with E-state index in [1.807, 2.05) is 18.5 Å². The molecule has 0 fully saturated rings. The number of methoxy groups -OCH3 is 1. The molecule has 0 aliphatic rings. The fourth-order valence-electron chi connectivity index (χ4n) is 1.11. The van der Waals surface area contributed by atoms with Gasteiger partial charge in [0.25, 0.3) is 0 Å². The van der Waals surface area contributed by atoms with Crippen LogP contribution >= 0.6 is 27.3 Å². The summed E-state index contributed by atoms with van der Waals surface area (Å²) in [5, 5.41) is 5.08. The summed E-state index contributed by atoms with van der Waals surface area (Å²) in [4.78, 5) is 12.2. The molecule has 1 unspecified atom stereocenters. The maximum atomic E-state index is 11.1. The molecule has 5 heteroatoms. The van der Waals surface area contributed by atoms with Gasteiger partial charge in [-0.2, -0.15) is 0 Å². The van der Waals surface area contributed by atoms with Crippen LogP contribution in [0.3, 0.4) is 0 Å². The molecule has 0 radical (unpaired) electrons. The molecule has 1 atom stereocenters. The molecule has 0 bridgehead atoms. The van der Waals surface area contributed by atoms with E-state index < -0.39 is 0 Å². The Bertz CT molecular complexity index is 314. The van der Waals surface area contributed by atoms with Crippen molar-refractivity contribution < 1.29 is 9.53 Å². The largest absolute Gasteiger partial charge is 0.469 e. The number of carbonyl (C=O) groups is 1. The number of rotatable bonds is 4. The maximum absolute atomic E-state index is 11.1. The lowest BCUT2D eigenvalue weighted by molar-refractivity contribution is -0.141. The first-order valence-corrected chi connectivity index (χ1v) is 5.82. The van der Waals surface area contributed by atoms with E-state index in [0.29, 0.717) is 6.42 Å². The average Bonchev–Trinajstić information content (AvgIpc) is 2.60. The lowest BCUT2D eigenvalue weighted by Crippen LogP contribution is -2.19. The standard InChI is InChI=1S/C9H12BrNO2S/c1-11-7(4-9(12)13-2)8-3-6(10)5-14-8/h3,5,7,11H,4H2,1-2H3. The van der Waals surface area contributed by atoms with E-state index in [4.69, 9.17) is 0 Å². The van der Waals surface area contributed by atoms with Crippen molar-refractivity contribution in [3.8, 4) is 0 Å². The molecule has 1 aromatic heterocycles. The summed E-state index contributed by atoms with van der Waals surface area (Å²) in [5.41, 5.74) is 0. The van der Waals surface area contributed by atoms with Gasteiger partial charge in [0.1, 0.15) is 0 Å². The zero-order valence-electron chi connectivity index (χ0n) is 8.04. The molecule has 1 aromatic rings. The third-order valence-electron chi connectivity index (χ3n) is 1.88. The highest BCUT2D eigenvalue weighted by Crippen LogP contribution is 2.27. The van der Waals surface area contributed by atoms with Crippen molar-refractivity contribution in [2.75, 3.05) is 14.2 Å². The Labute approximate surface area is 95.6 Å². The van der Waals surface area contributed by atoms with Crippen LogP contribution in [0.2, 0.25) is 0 Å². The molecule has 3 nitrogen and oxygen atoms in total. The fraction of sp³-hybridized carbons (Fsp3) is 0.444. The molecular weight excluding hydrogens is 266 g/mol. The summed E-state index contributed by atoms with van der Waals surface area (Å²) in [5.74, 6) is -0.200. The Morgan fingerprint density at radius 1 is 1.79 bits per heavy atom. The lowest BCUT2D eigenvalue weighted by Gasteiger charge is -2.12. The summed E-state index contributed by atoms with van der Waals surface area (Å²) in [7, 11) is 3.24. The van der Waals surface area contributed by atoms with Crippen LogP contribution in [0, 0.1) is 0 Å². The lowest BCUT2D eigenvalue weighted by atomic mass is 10.2. The molecule has 0 aliphatic heterocycles. The molecule has 0 saturated heterocycles. The minimum Gasteiger partial charge on any atom is -0.469 e. The highest BCUT2D eigenvalue weighted by Gasteiger charge is 2.15. The number of ether oxygens (including phenoxy) is 1. The van der Waals surface area contributed by atoms with E-state index in [9.17, 15) is 4.79 Å². The second-order valence-electron chi connectivity index (χ2n) is 2.79. The van der Waals surface area contributed by atoms with Crippen molar-refractivity contribution in [1.82, 2.24) is 5.32 Å². The molecule has 0 spiro atoms. The number of hydrogen-bond acceptors (Lipinski definition) is 4. The second-order valence-corrected chi connectivity index (χ2v) is 4.65. The van der Waals surface area contributed by atoms with E-state index in [2.05, 4.69) is 26.0 Å². The van der Waals surface area contributed by atoms with Crippen LogP contribution < -0.4 is 5.32 Å². The van der Waals surface area contributed by atoms with E-state index in [1.165, 1.54) is 7.11 Å². The van der Waals surface area contributed by atoms with Gasteiger partial charge in [0, 0.05) is 14.7 Å². The molecule has 0 saturated carbocycles. The first-order valence-electron chi connectivity index (χ1n) is 4.15. The third-order valence-corrected chi connectivity index (χ3v) is 3.69. The molecule has 14 heavy (non-hydrogen) atoms. The third kappa shape index (κ3) is 3.08. The molecule has 1 rings (SSSR count). The highest BCUT2D eigenvalue weighted by atomic mass is 79.9. The van der Waals surface area contributed by atoms with E-state index in [1.54, 1.807) is 11.3 Å². The number of halogens is 1. The first kappa shape index (κ1) is 11.7. The zero-order valence-corrected chi connectivity index (χ0v) is 10.4. The van der Waals surface area contributed by atoms with Gasteiger partial charge in [-0.1, -0.05) is 0 Å². The Morgan fingerprint density at radius 2 is 2.50 bits per heavy atom. The Kier molecular flexibility index (Phi) is 4.57. The Balaban J connectivity index is 2.67. The summed E-state index contributed by atoms with van der Waals surface area (Å²) in [6.07, 6.45) is 0.361. The van der Waals surface area contributed by atoms with Gasteiger partial charge in [0.05, 0.1) is 19.6 Å². The van der Waals surface area contributed by atoms with Crippen LogP contribution in [0.15, 0.2) is 15.9 Å². The van der Waals surface area contributed by atoms with Gasteiger partial charge in [-0.05, 0) is 29.0 Å². The highest BCUT2D eigenvalue weighted by molar-refractivity contribution is 9.10. The second kappa shape index (κ2) is 5.48. The van der Waals surface area contributed by atoms with Crippen molar-refractivity contribution in [3.05, 3.63) is 20.8 Å². The number of nitrogens with one attached hydrogen (secondary N) is 1. The van der Waals surface area contributed by atoms with Gasteiger partial charge in [-0.25, -0.2) is 0 Å². The van der Waals surface area contributed by atoms with Crippen molar-refractivity contribution in [2.45, 2.75) is 12.5 Å². The summed E-state index contributed by atoms with van der Waals surface area (Å²) < 4.78 is 5.67. The smallest absolute Gasteiger partial charge is 0.307 e. The SMILES string of the molecule is CNC(CC(=O)OC)c1cc(Br)cs1. The van der Waals surface area contributed by atoms with Gasteiger partial charge in [0.15, 0.2) is 0 Å². The molecule has 1 heterocycles. The van der Waals surface area contributed by atoms with Crippen molar-refractivity contribution in [1.29, 1.82) is 0 Å². The molecule has 0 amide bonds.